The average molecular weight is 480 g/mol. The Labute approximate surface area is 191 Å². The summed E-state index contributed by atoms with van der Waals surface area (Å²) in [6.07, 6.45) is -4.54. The Morgan fingerprint density at radius 2 is 1.82 bits per heavy atom. The summed E-state index contributed by atoms with van der Waals surface area (Å²) < 4.78 is 50.9. The van der Waals surface area contributed by atoms with E-state index in [1.807, 2.05) is 0 Å². The minimum Gasteiger partial charge on any atom is -0.497 e. The van der Waals surface area contributed by atoms with Gasteiger partial charge in [-0.25, -0.2) is 0 Å². The highest BCUT2D eigenvalue weighted by Crippen LogP contribution is 2.33. The molecule has 1 amide bonds. The molecule has 0 unspecified atom stereocenters. The number of carbonyl (C=O) groups is 2. The molecular weight excluding hydrogens is 461 g/mol. The van der Waals surface area contributed by atoms with Crippen LogP contribution in [0.4, 0.5) is 13.2 Å². The second kappa shape index (κ2) is 10.4. The van der Waals surface area contributed by atoms with Gasteiger partial charge in [0.1, 0.15) is 12.3 Å². The van der Waals surface area contributed by atoms with Crippen LogP contribution in [0, 0.1) is 0 Å². The number of esters is 1. The molecule has 2 aromatic carbocycles. The summed E-state index contributed by atoms with van der Waals surface area (Å²) in [7, 11) is 2.71. The molecule has 0 fully saturated rings. The summed E-state index contributed by atoms with van der Waals surface area (Å²) in [4.78, 5) is 23.2. The quantitative estimate of drug-likeness (QED) is 0.390. The number of carbonyl (C=O) groups excluding carboxylic acids is 2. The maximum Gasteiger partial charge on any atom is 0.416 e. The molecule has 1 aromatic heterocycles. The molecule has 3 rings (SSSR count). The summed E-state index contributed by atoms with van der Waals surface area (Å²) in [6.45, 7) is -0.298. The lowest BCUT2D eigenvalue weighted by molar-refractivity contribution is -0.141. The van der Waals surface area contributed by atoms with Crippen molar-refractivity contribution in [1.82, 2.24) is 20.1 Å². The molecule has 0 aliphatic rings. The minimum atomic E-state index is -4.54. The van der Waals surface area contributed by atoms with Gasteiger partial charge in [-0.1, -0.05) is 17.8 Å². The summed E-state index contributed by atoms with van der Waals surface area (Å²) in [5, 5.41) is 10.8. The van der Waals surface area contributed by atoms with Gasteiger partial charge in [0.2, 0.25) is 5.91 Å². The Kier molecular flexibility index (Phi) is 7.59. The molecule has 0 saturated heterocycles. The number of halogens is 3. The lowest BCUT2D eigenvalue weighted by Crippen LogP contribution is -2.31. The van der Waals surface area contributed by atoms with Crippen molar-refractivity contribution < 1.29 is 32.2 Å². The van der Waals surface area contributed by atoms with Crippen molar-refractivity contribution in [2.45, 2.75) is 11.3 Å². The number of aromatic nitrogens is 3. The third-order valence-electron chi connectivity index (χ3n) is 4.40. The predicted molar refractivity (Wildman–Crippen MR) is 114 cm³/mol. The van der Waals surface area contributed by atoms with Crippen molar-refractivity contribution >= 4 is 23.6 Å². The Hall–Kier alpha value is -3.54. The fraction of sp³-hybridized carbons (Fsp3) is 0.238. The van der Waals surface area contributed by atoms with Gasteiger partial charge in [-0.3, -0.25) is 14.2 Å². The molecule has 0 spiro atoms. The average Bonchev–Trinajstić information content (AvgIpc) is 3.24. The summed E-state index contributed by atoms with van der Waals surface area (Å²) >= 11 is 0.965. The predicted octanol–water partition coefficient (Wildman–Crippen LogP) is 3.34. The van der Waals surface area contributed by atoms with Crippen LogP contribution in [0.2, 0.25) is 0 Å². The van der Waals surface area contributed by atoms with Crippen molar-refractivity contribution in [2.75, 3.05) is 26.5 Å². The normalized spacial score (nSPS) is 11.2. The smallest absolute Gasteiger partial charge is 0.416 e. The molecule has 0 aliphatic carbocycles. The Morgan fingerprint density at radius 1 is 1.09 bits per heavy atom. The number of rotatable bonds is 8. The van der Waals surface area contributed by atoms with Crippen molar-refractivity contribution in [3.63, 3.8) is 0 Å². The number of alkyl halides is 3. The number of nitrogens with zero attached hydrogens (tertiary/aromatic N) is 3. The highest BCUT2D eigenvalue weighted by molar-refractivity contribution is 7.99. The molecule has 0 bridgehead atoms. The third-order valence-corrected chi connectivity index (χ3v) is 5.33. The van der Waals surface area contributed by atoms with Crippen molar-refractivity contribution in [3.8, 4) is 22.8 Å². The van der Waals surface area contributed by atoms with Gasteiger partial charge in [-0.15, -0.1) is 10.2 Å². The van der Waals surface area contributed by atoms with Crippen molar-refractivity contribution in [1.29, 1.82) is 0 Å². The maximum absolute atomic E-state index is 13.3. The molecule has 1 N–H and O–H groups in total. The monoisotopic (exact) mass is 480 g/mol. The van der Waals surface area contributed by atoms with Crippen LogP contribution in [0.5, 0.6) is 5.75 Å². The molecule has 174 valence electrons. The van der Waals surface area contributed by atoms with Crippen molar-refractivity contribution in [2.24, 2.45) is 0 Å². The van der Waals surface area contributed by atoms with Gasteiger partial charge in [0.25, 0.3) is 0 Å². The Balaban J connectivity index is 1.96. The van der Waals surface area contributed by atoms with Crippen molar-refractivity contribution in [3.05, 3.63) is 54.1 Å². The van der Waals surface area contributed by atoms with Crippen LogP contribution in [0.1, 0.15) is 5.56 Å². The van der Waals surface area contributed by atoms with Crippen LogP contribution >= 0.6 is 11.8 Å². The number of hydrogen-bond donors (Lipinski definition) is 1. The zero-order valence-corrected chi connectivity index (χ0v) is 18.4. The Bertz CT molecular complexity index is 1130. The van der Waals surface area contributed by atoms with Gasteiger partial charge in [-0.2, -0.15) is 13.2 Å². The topological polar surface area (TPSA) is 95.3 Å². The van der Waals surface area contributed by atoms with E-state index in [-0.39, 0.29) is 29.0 Å². The largest absolute Gasteiger partial charge is 0.497 e. The van der Waals surface area contributed by atoms with E-state index in [0.29, 0.717) is 11.3 Å². The van der Waals surface area contributed by atoms with Crippen LogP contribution in [0.15, 0.2) is 53.7 Å². The lowest BCUT2D eigenvalue weighted by Gasteiger charge is -2.13. The number of hydrogen-bond acceptors (Lipinski definition) is 7. The van der Waals surface area contributed by atoms with Crippen LogP contribution in [0.3, 0.4) is 0 Å². The second-order valence-corrected chi connectivity index (χ2v) is 7.50. The van der Waals surface area contributed by atoms with E-state index in [0.717, 1.165) is 23.9 Å². The van der Waals surface area contributed by atoms with Gasteiger partial charge in [-0.05, 0) is 42.5 Å². The molecular formula is C21H19F3N4O4S. The molecule has 0 aliphatic heterocycles. The first-order valence-corrected chi connectivity index (χ1v) is 10.4. The van der Waals surface area contributed by atoms with E-state index in [1.54, 1.807) is 24.3 Å². The van der Waals surface area contributed by atoms with E-state index in [4.69, 9.17) is 4.74 Å². The minimum absolute atomic E-state index is 0.142. The SMILES string of the molecule is COC(=O)CNC(=O)CSc1nnc(-c2ccc(OC)cc2)n1-c1cccc(C(F)(F)F)c1. The molecule has 1 heterocycles. The first-order chi connectivity index (χ1) is 15.7. The number of methoxy groups -OCH3 is 2. The zero-order valence-electron chi connectivity index (χ0n) is 17.5. The first kappa shape index (κ1) is 24.1. The first-order valence-electron chi connectivity index (χ1n) is 9.46. The van der Waals surface area contributed by atoms with Gasteiger partial charge in [0, 0.05) is 5.56 Å². The van der Waals surface area contributed by atoms with Crippen LogP contribution in [-0.2, 0) is 20.5 Å². The number of benzene rings is 2. The molecule has 0 radical (unpaired) electrons. The molecule has 3 aromatic rings. The molecule has 0 atom stereocenters. The van der Waals surface area contributed by atoms with E-state index in [1.165, 1.54) is 30.9 Å². The number of thioether (sulfide) groups is 1. The fourth-order valence-corrected chi connectivity index (χ4v) is 3.55. The highest BCUT2D eigenvalue weighted by atomic mass is 32.2. The van der Waals surface area contributed by atoms with Gasteiger partial charge in [0.05, 0.1) is 31.2 Å². The Morgan fingerprint density at radius 3 is 2.45 bits per heavy atom. The summed E-state index contributed by atoms with van der Waals surface area (Å²) in [5.74, 6) is -0.344. The standard InChI is InChI=1S/C21H19F3N4O4S/c1-31-16-8-6-13(7-9-16)19-26-27-20(33-12-17(29)25-11-18(30)32-2)28(19)15-5-3-4-14(10-15)21(22,23)24/h3-10H,11-12H2,1-2H3,(H,25,29). The zero-order chi connectivity index (χ0) is 24.0. The number of ether oxygens (including phenoxy) is 2. The molecule has 8 nitrogen and oxygen atoms in total. The third kappa shape index (κ3) is 6.04. The van der Waals surface area contributed by atoms with Gasteiger partial charge in [0.15, 0.2) is 11.0 Å². The van der Waals surface area contributed by atoms with E-state index >= 15 is 0 Å². The van der Waals surface area contributed by atoms with Crippen LogP contribution in [0.25, 0.3) is 17.1 Å². The summed E-state index contributed by atoms with van der Waals surface area (Å²) in [6, 6.07) is 11.5. The van der Waals surface area contributed by atoms with E-state index in [2.05, 4.69) is 20.3 Å². The molecule has 33 heavy (non-hydrogen) atoms. The molecule has 0 saturated carbocycles. The van der Waals surface area contributed by atoms with Crippen LogP contribution < -0.4 is 10.1 Å². The lowest BCUT2D eigenvalue weighted by atomic mass is 10.1. The van der Waals surface area contributed by atoms with Gasteiger partial charge >= 0.3 is 12.1 Å². The second-order valence-electron chi connectivity index (χ2n) is 6.56. The van der Waals surface area contributed by atoms with E-state index in [9.17, 15) is 22.8 Å². The maximum atomic E-state index is 13.3. The number of amides is 1. The highest BCUT2D eigenvalue weighted by Gasteiger charge is 2.31. The van der Waals surface area contributed by atoms with Gasteiger partial charge < -0.3 is 14.8 Å². The van der Waals surface area contributed by atoms with E-state index < -0.39 is 23.6 Å². The summed E-state index contributed by atoms with van der Waals surface area (Å²) in [5.41, 5.74) is -0.0676. The number of nitrogens with one attached hydrogen (secondary N) is 1. The van der Waals surface area contributed by atoms with Crippen LogP contribution in [-0.4, -0.2) is 53.2 Å². The molecule has 12 heteroatoms. The fourth-order valence-electron chi connectivity index (χ4n) is 2.77.